The molecule has 2 heteroatoms. The fourth-order valence-electron chi connectivity index (χ4n) is 1.80. The van der Waals surface area contributed by atoms with E-state index in [9.17, 15) is 5.11 Å². The first-order valence-electron chi connectivity index (χ1n) is 5.53. The summed E-state index contributed by atoms with van der Waals surface area (Å²) in [4.78, 5) is 1.05. The largest absolute Gasteiger partial charge is 0.383 e. The average molecular weight is 232 g/mol. The van der Waals surface area contributed by atoms with E-state index in [1.54, 1.807) is 11.3 Å². The molecule has 0 aliphatic carbocycles. The number of thiophene rings is 1. The summed E-state index contributed by atoms with van der Waals surface area (Å²) in [6.45, 7) is 4.17. The summed E-state index contributed by atoms with van der Waals surface area (Å²) in [5, 5.41) is 12.3. The molecule has 0 spiro atoms. The van der Waals surface area contributed by atoms with Crippen LogP contribution in [0.1, 0.15) is 34.6 Å². The number of rotatable bonds is 3. The Labute approximate surface area is 100 Å². The maximum absolute atomic E-state index is 10.3. The molecule has 0 amide bonds. The van der Waals surface area contributed by atoms with Gasteiger partial charge in [0.1, 0.15) is 6.10 Å². The summed E-state index contributed by atoms with van der Waals surface area (Å²) in [5.41, 5.74) is 3.43. The van der Waals surface area contributed by atoms with E-state index < -0.39 is 6.10 Å². The van der Waals surface area contributed by atoms with Gasteiger partial charge in [-0.05, 0) is 41.5 Å². The van der Waals surface area contributed by atoms with Crippen LogP contribution in [0.5, 0.6) is 0 Å². The number of benzene rings is 1. The van der Waals surface area contributed by atoms with Crippen LogP contribution in [-0.4, -0.2) is 5.11 Å². The molecule has 0 aliphatic rings. The van der Waals surface area contributed by atoms with Crippen LogP contribution >= 0.6 is 11.3 Å². The van der Waals surface area contributed by atoms with Gasteiger partial charge in [-0.15, -0.1) is 11.3 Å². The molecule has 0 saturated carbocycles. The minimum absolute atomic E-state index is 0.480. The van der Waals surface area contributed by atoms with E-state index in [4.69, 9.17) is 0 Å². The topological polar surface area (TPSA) is 20.2 Å². The maximum atomic E-state index is 10.3. The van der Waals surface area contributed by atoms with Crippen LogP contribution in [-0.2, 0) is 6.42 Å². The smallest absolute Gasteiger partial charge is 0.113 e. The number of hydrogen-bond acceptors (Lipinski definition) is 2. The Morgan fingerprint density at radius 2 is 2.12 bits per heavy atom. The molecule has 0 bridgehead atoms. The molecule has 1 aromatic carbocycles. The normalized spacial score (nSPS) is 12.7. The minimum atomic E-state index is -0.480. The van der Waals surface area contributed by atoms with E-state index in [1.165, 1.54) is 11.1 Å². The zero-order valence-electron chi connectivity index (χ0n) is 9.60. The van der Waals surface area contributed by atoms with E-state index in [-0.39, 0.29) is 0 Å². The van der Waals surface area contributed by atoms with Crippen LogP contribution in [0.15, 0.2) is 35.7 Å². The molecule has 84 valence electrons. The van der Waals surface area contributed by atoms with Crippen molar-refractivity contribution in [1.29, 1.82) is 0 Å². The standard InChI is InChI=1S/C14H16OS/c1-3-11-5-4-6-12(9-11)13(15)14-10(2)7-8-16-14/h4-9,13,15H,3H2,1-2H3. The van der Waals surface area contributed by atoms with Crippen LogP contribution in [0.25, 0.3) is 0 Å². The summed E-state index contributed by atoms with van der Waals surface area (Å²) in [6, 6.07) is 10.2. The van der Waals surface area contributed by atoms with Gasteiger partial charge in [0.05, 0.1) is 0 Å². The predicted octanol–water partition coefficient (Wildman–Crippen LogP) is 3.70. The second-order valence-corrected chi connectivity index (χ2v) is 4.92. The summed E-state index contributed by atoms with van der Waals surface area (Å²) in [5.74, 6) is 0. The maximum Gasteiger partial charge on any atom is 0.113 e. The lowest BCUT2D eigenvalue weighted by molar-refractivity contribution is 0.223. The monoisotopic (exact) mass is 232 g/mol. The molecule has 1 aromatic heterocycles. The first-order chi connectivity index (χ1) is 7.72. The number of aliphatic hydroxyl groups is 1. The predicted molar refractivity (Wildman–Crippen MR) is 68.9 cm³/mol. The van der Waals surface area contributed by atoms with E-state index >= 15 is 0 Å². The molecule has 0 saturated heterocycles. The third-order valence-electron chi connectivity index (χ3n) is 2.83. The molecule has 0 aliphatic heterocycles. The Bertz CT molecular complexity index is 473. The van der Waals surface area contributed by atoms with E-state index in [2.05, 4.69) is 19.1 Å². The summed E-state index contributed by atoms with van der Waals surface area (Å²) < 4.78 is 0. The summed E-state index contributed by atoms with van der Waals surface area (Å²) in [6.07, 6.45) is 0.524. The van der Waals surface area contributed by atoms with Crippen molar-refractivity contribution in [3.05, 3.63) is 57.3 Å². The SMILES string of the molecule is CCc1cccc(C(O)c2sccc2C)c1. The molecule has 2 aromatic rings. The van der Waals surface area contributed by atoms with Gasteiger partial charge in [0, 0.05) is 4.88 Å². The van der Waals surface area contributed by atoms with Crippen LogP contribution in [0.2, 0.25) is 0 Å². The van der Waals surface area contributed by atoms with E-state index in [0.717, 1.165) is 16.9 Å². The minimum Gasteiger partial charge on any atom is -0.383 e. The van der Waals surface area contributed by atoms with Crippen LogP contribution < -0.4 is 0 Å². The van der Waals surface area contributed by atoms with Gasteiger partial charge in [-0.2, -0.15) is 0 Å². The average Bonchev–Trinajstić information content (AvgIpc) is 2.74. The molecule has 0 radical (unpaired) electrons. The molecule has 1 unspecified atom stereocenters. The van der Waals surface area contributed by atoms with Crippen LogP contribution in [0, 0.1) is 6.92 Å². The highest BCUT2D eigenvalue weighted by Gasteiger charge is 2.14. The van der Waals surface area contributed by atoms with Gasteiger partial charge in [-0.25, -0.2) is 0 Å². The van der Waals surface area contributed by atoms with Crippen molar-refractivity contribution in [1.82, 2.24) is 0 Å². The lowest BCUT2D eigenvalue weighted by Gasteiger charge is -2.11. The summed E-state index contributed by atoms with van der Waals surface area (Å²) >= 11 is 1.62. The van der Waals surface area contributed by atoms with Crippen molar-refractivity contribution in [2.75, 3.05) is 0 Å². The van der Waals surface area contributed by atoms with Crippen LogP contribution in [0.3, 0.4) is 0 Å². The third kappa shape index (κ3) is 2.18. The molecule has 1 atom stereocenters. The van der Waals surface area contributed by atoms with Gasteiger partial charge < -0.3 is 5.11 Å². The number of aryl methyl sites for hydroxylation is 2. The Balaban J connectivity index is 2.33. The van der Waals surface area contributed by atoms with Gasteiger partial charge in [-0.3, -0.25) is 0 Å². The zero-order valence-corrected chi connectivity index (χ0v) is 10.4. The van der Waals surface area contributed by atoms with Crippen molar-refractivity contribution in [3.8, 4) is 0 Å². The number of hydrogen-bond donors (Lipinski definition) is 1. The van der Waals surface area contributed by atoms with Crippen molar-refractivity contribution in [3.63, 3.8) is 0 Å². The van der Waals surface area contributed by atoms with Gasteiger partial charge in [0.15, 0.2) is 0 Å². The Morgan fingerprint density at radius 3 is 2.75 bits per heavy atom. The van der Waals surface area contributed by atoms with E-state index in [1.807, 2.05) is 30.5 Å². The number of aliphatic hydroxyl groups excluding tert-OH is 1. The fraction of sp³-hybridized carbons (Fsp3) is 0.286. The van der Waals surface area contributed by atoms with Gasteiger partial charge in [0.25, 0.3) is 0 Å². The third-order valence-corrected chi connectivity index (χ3v) is 3.90. The van der Waals surface area contributed by atoms with Crippen molar-refractivity contribution >= 4 is 11.3 Å². The second-order valence-electron chi connectivity index (χ2n) is 3.97. The fourth-order valence-corrected chi connectivity index (χ4v) is 2.74. The van der Waals surface area contributed by atoms with Gasteiger partial charge >= 0.3 is 0 Å². The molecule has 1 N–H and O–H groups in total. The Kier molecular flexibility index (Phi) is 3.42. The molecular formula is C14H16OS. The van der Waals surface area contributed by atoms with E-state index in [0.29, 0.717) is 0 Å². The first kappa shape index (κ1) is 11.4. The molecule has 1 nitrogen and oxygen atoms in total. The van der Waals surface area contributed by atoms with Crippen LogP contribution in [0.4, 0.5) is 0 Å². The first-order valence-corrected chi connectivity index (χ1v) is 6.41. The second kappa shape index (κ2) is 4.81. The van der Waals surface area contributed by atoms with Gasteiger partial charge in [-0.1, -0.05) is 31.2 Å². The van der Waals surface area contributed by atoms with Crippen molar-refractivity contribution < 1.29 is 5.11 Å². The molecule has 16 heavy (non-hydrogen) atoms. The summed E-state index contributed by atoms with van der Waals surface area (Å²) in [7, 11) is 0. The highest BCUT2D eigenvalue weighted by atomic mass is 32.1. The van der Waals surface area contributed by atoms with Crippen molar-refractivity contribution in [2.45, 2.75) is 26.4 Å². The highest BCUT2D eigenvalue weighted by molar-refractivity contribution is 7.10. The lowest BCUT2D eigenvalue weighted by Crippen LogP contribution is -1.99. The Morgan fingerprint density at radius 1 is 1.31 bits per heavy atom. The zero-order chi connectivity index (χ0) is 11.5. The quantitative estimate of drug-likeness (QED) is 0.855. The molecule has 2 rings (SSSR count). The lowest BCUT2D eigenvalue weighted by atomic mass is 10.0. The van der Waals surface area contributed by atoms with Gasteiger partial charge in [0.2, 0.25) is 0 Å². The van der Waals surface area contributed by atoms with Crippen molar-refractivity contribution in [2.24, 2.45) is 0 Å². The molecule has 1 heterocycles. The molecule has 0 fully saturated rings. The Hall–Kier alpha value is -1.12. The molecular weight excluding hydrogens is 216 g/mol. The highest BCUT2D eigenvalue weighted by Crippen LogP contribution is 2.29.